The lowest BCUT2D eigenvalue weighted by Crippen LogP contribution is -2.54. The molecule has 19 heavy (non-hydrogen) atoms. The van der Waals surface area contributed by atoms with Gasteiger partial charge in [-0.3, -0.25) is 4.79 Å². The second kappa shape index (κ2) is 6.92. The number of rotatable bonds is 6. The second-order valence-corrected chi connectivity index (χ2v) is 5.40. The first-order chi connectivity index (χ1) is 9.19. The highest BCUT2D eigenvalue weighted by molar-refractivity contribution is 6.30. The van der Waals surface area contributed by atoms with Crippen LogP contribution in [-0.4, -0.2) is 30.0 Å². The van der Waals surface area contributed by atoms with E-state index >= 15 is 0 Å². The molecular weight excluding hydrogens is 262 g/mol. The zero-order valence-corrected chi connectivity index (χ0v) is 12.0. The first-order valence-corrected chi connectivity index (χ1v) is 7.20. The smallest absolute Gasteiger partial charge is 0.222 e. The summed E-state index contributed by atoms with van der Waals surface area (Å²) in [5.74, 6) is 0.258. The third-order valence-electron chi connectivity index (χ3n) is 3.34. The molecule has 0 radical (unpaired) electrons. The maximum Gasteiger partial charge on any atom is 0.222 e. The fourth-order valence-corrected chi connectivity index (χ4v) is 2.15. The Morgan fingerprint density at radius 1 is 1.37 bits per heavy atom. The third kappa shape index (κ3) is 4.22. The Hall–Kier alpha value is -1.06. The fourth-order valence-electron chi connectivity index (χ4n) is 2.03. The van der Waals surface area contributed by atoms with E-state index in [9.17, 15) is 4.79 Å². The topological polar surface area (TPSA) is 29.5 Å². The summed E-state index contributed by atoms with van der Waals surface area (Å²) in [6.45, 7) is 4.15. The number of hydrogen-bond donors (Lipinski definition) is 0. The predicted molar refractivity (Wildman–Crippen MR) is 76.1 cm³/mol. The van der Waals surface area contributed by atoms with Crippen molar-refractivity contribution in [1.29, 1.82) is 0 Å². The number of halogens is 1. The zero-order valence-electron chi connectivity index (χ0n) is 11.3. The van der Waals surface area contributed by atoms with Crippen molar-refractivity contribution in [2.75, 3.05) is 13.1 Å². The van der Waals surface area contributed by atoms with Gasteiger partial charge >= 0.3 is 0 Å². The largest absolute Gasteiger partial charge is 0.370 e. The summed E-state index contributed by atoms with van der Waals surface area (Å²) in [7, 11) is 0. The van der Waals surface area contributed by atoms with Gasteiger partial charge in [0.2, 0.25) is 5.91 Å². The number of nitrogens with zero attached hydrogens (tertiary/aromatic N) is 1. The number of carbonyl (C=O) groups excluding carboxylic acids is 1. The number of likely N-dealkylation sites (tertiary alicyclic amines) is 1. The van der Waals surface area contributed by atoms with Gasteiger partial charge in [-0.1, -0.05) is 37.1 Å². The summed E-state index contributed by atoms with van der Waals surface area (Å²) >= 11 is 5.82. The number of ether oxygens (including phenoxy) is 1. The normalized spacial score (nSPS) is 15.4. The molecule has 1 amide bonds. The van der Waals surface area contributed by atoms with Crippen molar-refractivity contribution in [1.82, 2.24) is 4.90 Å². The first kappa shape index (κ1) is 14.4. The fraction of sp³-hybridized carbons (Fsp3) is 0.533. The first-order valence-electron chi connectivity index (χ1n) is 6.83. The summed E-state index contributed by atoms with van der Waals surface area (Å²) in [6.07, 6.45) is 2.89. The van der Waals surface area contributed by atoms with E-state index in [1.54, 1.807) is 0 Å². The minimum absolute atomic E-state index is 0.182. The maximum atomic E-state index is 11.7. The lowest BCUT2D eigenvalue weighted by atomic mass is 10.1. The van der Waals surface area contributed by atoms with Crippen molar-refractivity contribution in [3.63, 3.8) is 0 Å². The average molecular weight is 282 g/mol. The van der Waals surface area contributed by atoms with Gasteiger partial charge in [0.1, 0.15) is 0 Å². The van der Waals surface area contributed by atoms with Crippen molar-refractivity contribution in [2.24, 2.45) is 0 Å². The summed E-state index contributed by atoms with van der Waals surface area (Å²) in [6, 6.07) is 7.65. The number of benzene rings is 1. The van der Waals surface area contributed by atoms with Crippen LogP contribution in [0.1, 0.15) is 31.7 Å². The predicted octanol–water partition coefficient (Wildman–Crippen LogP) is 3.26. The van der Waals surface area contributed by atoms with E-state index in [0.717, 1.165) is 36.5 Å². The van der Waals surface area contributed by atoms with Crippen LogP contribution in [0.25, 0.3) is 0 Å². The molecule has 1 saturated heterocycles. The van der Waals surface area contributed by atoms with Crippen molar-refractivity contribution in [3.8, 4) is 0 Å². The van der Waals surface area contributed by atoms with Gasteiger partial charge in [0.05, 0.1) is 12.7 Å². The Labute approximate surface area is 119 Å². The van der Waals surface area contributed by atoms with Crippen molar-refractivity contribution < 1.29 is 9.53 Å². The highest BCUT2D eigenvalue weighted by atomic mass is 35.5. The van der Waals surface area contributed by atoms with Crippen LogP contribution in [0.15, 0.2) is 24.3 Å². The molecule has 1 aromatic carbocycles. The van der Waals surface area contributed by atoms with Crippen LogP contribution in [0.5, 0.6) is 0 Å². The van der Waals surface area contributed by atoms with E-state index in [-0.39, 0.29) is 12.0 Å². The zero-order chi connectivity index (χ0) is 13.7. The van der Waals surface area contributed by atoms with E-state index in [0.29, 0.717) is 13.0 Å². The van der Waals surface area contributed by atoms with Gasteiger partial charge in [-0.05, 0) is 24.1 Å². The molecular formula is C15H20ClNO2. The Kier molecular flexibility index (Phi) is 5.23. The van der Waals surface area contributed by atoms with E-state index in [4.69, 9.17) is 16.3 Å². The summed E-state index contributed by atoms with van der Waals surface area (Å²) in [4.78, 5) is 13.6. The summed E-state index contributed by atoms with van der Waals surface area (Å²) in [5.41, 5.74) is 1.11. The van der Waals surface area contributed by atoms with E-state index < -0.39 is 0 Å². The van der Waals surface area contributed by atoms with Gasteiger partial charge in [0, 0.05) is 24.5 Å². The lowest BCUT2D eigenvalue weighted by Gasteiger charge is -2.39. The molecule has 4 heteroatoms. The van der Waals surface area contributed by atoms with Gasteiger partial charge < -0.3 is 9.64 Å². The van der Waals surface area contributed by atoms with E-state index in [1.165, 1.54) is 0 Å². The molecule has 2 rings (SSSR count). The van der Waals surface area contributed by atoms with Gasteiger partial charge in [-0.25, -0.2) is 0 Å². The second-order valence-electron chi connectivity index (χ2n) is 4.96. The number of unbranched alkanes of at least 4 members (excludes halogenated alkanes) is 1. The van der Waals surface area contributed by atoms with Crippen LogP contribution < -0.4 is 0 Å². The molecule has 0 atom stereocenters. The van der Waals surface area contributed by atoms with Crippen LogP contribution >= 0.6 is 11.6 Å². The van der Waals surface area contributed by atoms with Crippen molar-refractivity contribution >= 4 is 17.5 Å². The van der Waals surface area contributed by atoms with Crippen LogP contribution in [0.3, 0.4) is 0 Å². The minimum Gasteiger partial charge on any atom is -0.370 e. The highest BCUT2D eigenvalue weighted by Gasteiger charge is 2.30. The molecule has 1 fully saturated rings. The van der Waals surface area contributed by atoms with Gasteiger partial charge in [-0.15, -0.1) is 0 Å². The Morgan fingerprint density at radius 2 is 2.05 bits per heavy atom. The Balaban J connectivity index is 1.65. The molecule has 0 N–H and O–H groups in total. The van der Waals surface area contributed by atoms with E-state index in [1.807, 2.05) is 29.2 Å². The number of amides is 1. The molecule has 1 aliphatic heterocycles. The molecule has 1 heterocycles. The van der Waals surface area contributed by atoms with Crippen molar-refractivity contribution in [2.45, 2.75) is 38.9 Å². The summed E-state index contributed by atoms with van der Waals surface area (Å²) < 4.78 is 5.75. The molecule has 0 spiro atoms. The number of hydrogen-bond acceptors (Lipinski definition) is 2. The standard InChI is InChI=1S/C15H20ClNO2/c1-2-3-4-15(18)17-9-14(10-17)19-11-12-5-7-13(16)8-6-12/h5-8,14H,2-4,9-11H2,1H3. The summed E-state index contributed by atoms with van der Waals surface area (Å²) in [5, 5.41) is 0.736. The maximum absolute atomic E-state index is 11.7. The van der Waals surface area contributed by atoms with Gasteiger partial charge in [-0.2, -0.15) is 0 Å². The van der Waals surface area contributed by atoms with Crippen LogP contribution in [0.2, 0.25) is 5.02 Å². The van der Waals surface area contributed by atoms with Gasteiger partial charge in [0.25, 0.3) is 0 Å². The van der Waals surface area contributed by atoms with Crippen LogP contribution in [0, 0.1) is 0 Å². The monoisotopic (exact) mass is 281 g/mol. The molecule has 0 bridgehead atoms. The minimum atomic E-state index is 0.182. The van der Waals surface area contributed by atoms with Crippen LogP contribution in [-0.2, 0) is 16.1 Å². The molecule has 0 aromatic heterocycles. The number of carbonyl (C=O) groups is 1. The molecule has 0 aliphatic carbocycles. The van der Waals surface area contributed by atoms with Crippen molar-refractivity contribution in [3.05, 3.63) is 34.9 Å². The quantitative estimate of drug-likeness (QED) is 0.801. The molecule has 1 aromatic rings. The average Bonchev–Trinajstić information content (AvgIpc) is 2.36. The lowest BCUT2D eigenvalue weighted by molar-refractivity contribution is -0.146. The van der Waals surface area contributed by atoms with Gasteiger partial charge in [0.15, 0.2) is 0 Å². The molecule has 104 valence electrons. The molecule has 0 unspecified atom stereocenters. The molecule has 1 aliphatic rings. The Bertz CT molecular complexity index is 413. The van der Waals surface area contributed by atoms with Crippen LogP contribution in [0.4, 0.5) is 0 Å². The molecule has 0 saturated carbocycles. The highest BCUT2D eigenvalue weighted by Crippen LogP contribution is 2.17. The van der Waals surface area contributed by atoms with E-state index in [2.05, 4.69) is 6.92 Å². The Morgan fingerprint density at radius 3 is 2.68 bits per heavy atom. The third-order valence-corrected chi connectivity index (χ3v) is 3.60. The SMILES string of the molecule is CCCCC(=O)N1CC(OCc2ccc(Cl)cc2)C1. The molecule has 3 nitrogen and oxygen atoms in total.